The maximum absolute atomic E-state index is 13.2. The lowest BCUT2D eigenvalue weighted by atomic mass is 10.0. The average Bonchev–Trinajstić information content (AvgIpc) is 2.82. The molecule has 0 fully saturated rings. The third-order valence-corrected chi connectivity index (χ3v) is 3.16. The Morgan fingerprint density at radius 1 is 1.15 bits per heavy atom. The summed E-state index contributed by atoms with van der Waals surface area (Å²) in [5.74, 6) is -0.354. The van der Waals surface area contributed by atoms with Gasteiger partial charge in [-0.2, -0.15) is 0 Å². The van der Waals surface area contributed by atoms with Crippen LogP contribution in [-0.4, -0.2) is 10.9 Å². The summed E-state index contributed by atoms with van der Waals surface area (Å²) in [4.78, 5) is 14.0. The van der Waals surface area contributed by atoms with Crippen molar-refractivity contribution in [2.24, 2.45) is 0 Å². The van der Waals surface area contributed by atoms with Crippen LogP contribution in [0.2, 0.25) is 0 Å². The van der Waals surface area contributed by atoms with Gasteiger partial charge in [-0.1, -0.05) is 12.1 Å². The molecule has 2 N–H and O–H groups in total. The number of aromatic nitrogens is 1. The maximum Gasteiger partial charge on any atom is 0.221 e. The van der Waals surface area contributed by atoms with E-state index in [1.807, 2.05) is 30.5 Å². The number of carbonyl (C=O) groups is 1. The Labute approximate surface area is 115 Å². The second kappa shape index (κ2) is 4.81. The predicted octanol–water partition coefficient (Wildman–Crippen LogP) is 3.93. The fraction of sp³-hybridized carbons (Fsp3) is 0.0625. The van der Waals surface area contributed by atoms with Gasteiger partial charge < -0.3 is 10.3 Å². The molecular weight excluding hydrogens is 255 g/mol. The Hall–Kier alpha value is -2.62. The third-order valence-electron chi connectivity index (χ3n) is 3.16. The van der Waals surface area contributed by atoms with Crippen molar-refractivity contribution >= 4 is 22.5 Å². The SMILES string of the molecule is CC(=O)Nc1ccc(-c2c[nH]c3cc(F)ccc23)cc1. The van der Waals surface area contributed by atoms with Crippen LogP contribution in [0.15, 0.2) is 48.7 Å². The molecule has 3 rings (SSSR count). The Morgan fingerprint density at radius 2 is 1.90 bits per heavy atom. The van der Waals surface area contributed by atoms with Crippen LogP contribution in [-0.2, 0) is 4.79 Å². The van der Waals surface area contributed by atoms with E-state index in [4.69, 9.17) is 0 Å². The van der Waals surface area contributed by atoms with Crippen LogP contribution in [0.1, 0.15) is 6.92 Å². The zero-order valence-electron chi connectivity index (χ0n) is 10.9. The summed E-state index contributed by atoms with van der Waals surface area (Å²) in [6, 6.07) is 12.2. The Kier molecular flexibility index (Phi) is 2.99. The minimum Gasteiger partial charge on any atom is -0.360 e. The molecule has 3 nitrogen and oxygen atoms in total. The number of halogens is 1. The number of hydrogen-bond donors (Lipinski definition) is 2. The van der Waals surface area contributed by atoms with Crippen molar-refractivity contribution in [2.75, 3.05) is 5.32 Å². The van der Waals surface area contributed by atoms with Crippen molar-refractivity contribution in [1.29, 1.82) is 0 Å². The van der Waals surface area contributed by atoms with E-state index >= 15 is 0 Å². The zero-order chi connectivity index (χ0) is 14.1. The minimum atomic E-state index is -0.257. The van der Waals surface area contributed by atoms with E-state index in [-0.39, 0.29) is 11.7 Å². The molecule has 0 aliphatic carbocycles. The molecule has 0 aliphatic heterocycles. The van der Waals surface area contributed by atoms with Crippen LogP contribution in [0.5, 0.6) is 0 Å². The van der Waals surface area contributed by atoms with Crippen molar-refractivity contribution in [3.63, 3.8) is 0 Å². The first-order valence-corrected chi connectivity index (χ1v) is 6.28. The second-order valence-corrected chi connectivity index (χ2v) is 4.65. The van der Waals surface area contributed by atoms with Crippen molar-refractivity contribution in [3.8, 4) is 11.1 Å². The van der Waals surface area contributed by atoms with Gasteiger partial charge in [0.25, 0.3) is 0 Å². The van der Waals surface area contributed by atoms with Gasteiger partial charge in [0.1, 0.15) is 5.82 Å². The van der Waals surface area contributed by atoms with Crippen LogP contribution in [0.25, 0.3) is 22.0 Å². The number of benzene rings is 2. The summed E-state index contributed by atoms with van der Waals surface area (Å²) in [5, 5.41) is 3.70. The lowest BCUT2D eigenvalue weighted by molar-refractivity contribution is -0.114. The van der Waals surface area contributed by atoms with Crippen molar-refractivity contribution < 1.29 is 9.18 Å². The standard InChI is InChI=1S/C16H13FN2O/c1-10(20)19-13-5-2-11(3-6-13)15-9-18-16-8-12(17)4-7-14(15)16/h2-9,18H,1H3,(H,19,20). The molecule has 0 atom stereocenters. The Balaban J connectivity index is 2.00. The highest BCUT2D eigenvalue weighted by Crippen LogP contribution is 2.29. The molecule has 0 unspecified atom stereocenters. The van der Waals surface area contributed by atoms with E-state index in [0.717, 1.165) is 27.7 Å². The van der Waals surface area contributed by atoms with E-state index < -0.39 is 0 Å². The zero-order valence-corrected chi connectivity index (χ0v) is 10.9. The fourth-order valence-corrected chi connectivity index (χ4v) is 2.27. The van der Waals surface area contributed by atoms with Crippen molar-refractivity contribution in [3.05, 3.63) is 54.5 Å². The topological polar surface area (TPSA) is 44.9 Å². The summed E-state index contributed by atoms with van der Waals surface area (Å²) in [6.45, 7) is 1.47. The highest BCUT2D eigenvalue weighted by Gasteiger charge is 2.07. The summed E-state index contributed by atoms with van der Waals surface area (Å²) < 4.78 is 13.2. The molecule has 20 heavy (non-hydrogen) atoms. The molecular formula is C16H13FN2O. The number of hydrogen-bond acceptors (Lipinski definition) is 1. The number of H-pyrrole nitrogens is 1. The smallest absolute Gasteiger partial charge is 0.221 e. The first-order chi connectivity index (χ1) is 9.63. The first kappa shape index (κ1) is 12.4. The molecule has 0 spiro atoms. The Bertz CT molecular complexity index is 775. The van der Waals surface area contributed by atoms with Crippen LogP contribution < -0.4 is 5.32 Å². The van der Waals surface area contributed by atoms with E-state index in [1.54, 1.807) is 6.07 Å². The summed E-state index contributed by atoms with van der Waals surface area (Å²) in [5.41, 5.74) is 3.55. The van der Waals surface area contributed by atoms with Gasteiger partial charge in [0.05, 0.1) is 0 Å². The molecule has 0 radical (unpaired) electrons. The molecule has 2 aromatic carbocycles. The molecule has 0 aliphatic rings. The van der Waals surface area contributed by atoms with Crippen molar-refractivity contribution in [1.82, 2.24) is 4.98 Å². The van der Waals surface area contributed by atoms with Gasteiger partial charge >= 0.3 is 0 Å². The van der Waals surface area contributed by atoms with E-state index in [1.165, 1.54) is 19.1 Å². The number of anilines is 1. The lowest BCUT2D eigenvalue weighted by Gasteiger charge is -2.04. The first-order valence-electron chi connectivity index (χ1n) is 6.28. The molecule has 0 saturated carbocycles. The number of amides is 1. The normalized spacial score (nSPS) is 10.7. The molecule has 4 heteroatoms. The van der Waals surface area contributed by atoms with Gasteiger partial charge in [-0.05, 0) is 35.9 Å². The van der Waals surface area contributed by atoms with Crippen molar-refractivity contribution in [2.45, 2.75) is 6.92 Å². The summed E-state index contributed by atoms with van der Waals surface area (Å²) >= 11 is 0. The summed E-state index contributed by atoms with van der Waals surface area (Å²) in [7, 11) is 0. The number of rotatable bonds is 2. The third kappa shape index (κ3) is 2.28. The molecule has 0 bridgehead atoms. The Morgan fingerprint density at radius 3 is 2.60 bits per heavy atom. The highest BCUT2D eigenvalue weighted by molar-refractivity contribution is 5.96. The lowest BCUT2D eigenvalue weighted by Crippen LogP contribution is -2.05. The van der Waals surface area contributed by atoms with Gasteiger partial charge in [-0.25, -0.2) is 4.39 Å². The van der Waals surface area contributed by atoms with Crippen LogP contribution in [0.3, 0.4) is 0 Å². The van der Waals surface area contributed by atoms with Gasteiger partial charge in [0, 0.05) is 35.3 Å². The highest BCUT2D eigenvalue weighted by atomic mass is 19.1. The largest absolute Gasteiger partial charge is 0.360 e. The number of carbonyl (C=O) groups excluding carboxylic acids is 1. The number of nitrogens with one attached hydrogen (secondary N) is 2. The van der Waals surface area contributed by atoms with Gasteiger partial charge in [-0.3, -0.25) is 4.79 Å². The average molecular weight is 268 g/mol. The molecule has 0 saturated heterocycles. The quantitative estimate of drug-likeness (QED) is 0.726. The van der Waals surface area contributed by atoms with Gasteiger partial charge in [0.2, 0.25) is 5.91 Å². The minimum absolute atomic E-state index is 0.0969. The van der Waals surface area contributed by atoms with Gasteiger partial charge in [-0.15, -0.1) is 0 Å². The van der Waals surface area contributed by atoms with Crippen LogP contribution in [0, 0.1) is 5.82 Å². The van der Waals surface area contributed by atoms with E-state index in [2.05, 4.69) is 10.3 Å². The monoisotopic (exact) mass is 268 g/mol. The number of fused-ring (bicyclic) bond motifs is 1. The van der Waals surface area contributed by atoms with Crippen LogP contribution in [0.4, 0.5) is 10.1 Å². The van der Waals surface area contributed by atoms with Crippen LogP contribution >= 0.6 is 0 Å². The molecule has 100 valence electrons. The summed E-state index contributed by atoms with van der Waals surface area (Å²) in [6.07, 6.45) is 1.86. The molecule has 1 amide bonds. The molecule has 3 aromatic rings. The second-order valence-electron chi connectivity index (χ2n) is 4.65. The van der Waals surface area contributed by atoms with E-state index in [0.29, 0.717) is 0 Å². The maximum atomic E-state index is 13.2. The van der Waals surface area contributed by atoms with Gasteiger partial charge in [0.15, 0.2) is 0 Å². The fourth-order valence-electron chi connectivity index (χ4n) is 2.27. The predicted molar refractivity (Wildman–Crippen MR) is 78.0 cm³/mol. The van der Waals surface area contributed by atoms with E-state index in [9.17, 15) is 9.18 Å². The molecule has 1 heterocycles. The molecule has 1 aromatic heterocycles. The number of aromatic amines is 1.